The summed E-state index contributed by atoms with van der Waals surface area (Å²) in [6, 6.07) is 11.2. The third-order valence-electron chi connectivity index (χ3n) is 2.99. The molecule has 1 N–H and O–H groups in total. The van der Waals surface area contributed by atoms with Crippen molar-refractivity contribution in [1.29, 1.82) is 0 Å². The zero-order valence-electron chi connectivity index (χ0n) is 10.4. The van der Waals surface area contributed by atoms with Crippen LogP contribution < -0.4 is 5.32 Å². The first kappa shape index (κ1) is 12.3. The molecule has 0 bridgehead atoms. The van der Waals surface area contributed by atoms with Crippen LogP contribution in [0.3, 0.4) is 0 Å². The van der Waals surface area contributed by atoms with Crippen LogP contribution in [0.4, 0.5) is 0 Å². The number of thiophene rings is 1. The Morgan fingerprint density at radius 1 is 1.18 bits per heavy atom. The summed E-state index contributed by atoms with van der Waals surface area (Å²) in [4.78, 5) is 0. The van der Waals surface area contributed by atoms with Crippen molar-refractivity contribution in [2.75, 3.05) is 0 Å². The molecule has 0 fully saturated rings. The van der Waals surface area contributed by atoms with E-state index in [0.29, 0.717) is 6.04 Å². The minimum absolute atomic E-state index is 0.511. The maximum atomic E-state index is 3.58. The third kappa shape index (κ3) is 3.69. The van der Waals surface area contributed by atoms with Gasteiger partial charge in [-0.15, -0.1) is 0 Å². The van der Waals surface area contributed by atoms with Gasteiger partial charge in [-0.05, 0) is 47.7 Å². The fraction of sp³-hybridized carbons (Fsp3) is 0.333. The van der Waals surface area contributed by atoms with Crippen LogP contribution in [0.2, 0.25) is 0 Å². The monoisotopic (exact) mass is 245 g/mol. The Balaban J connectivity index is 1.82. The molecule has 2 heteroatoms. The quantitative estimate of drug-likeness (QED) is 0.845. The highest BCUT2D eigenvalue weighted by Crippen LogP contribution is 2.13. The summed E-state index contributed by atoms with van der Waals surface area (Å²) in [7, 11) is 0. The highest BCUT2D eigenvalue weighted by Gasteiger charge is 2.04. The maximum absolute atomic E-state index is 3.58. The molecule has 0 aliphatic rings. The molecular formula is C15H19NS. The van der Waals surface area contributed by atoms with Crippen molar-refractivity contribution < 1.29 is 0 Å². The molecule has 2 aromatic rings. The van der Waals surface area contributed by atoms with Gasteiger partial charge in [0.25, 0.3) is 0 Å². The highest BCUT2D eigenvalue weighted by atomic mass is 32.1. The van der Waals surface area contributed by atoms with Gasteiger partial charge in [0.05, 0.1) is 0 Å². The van der Waals surface area contributed by atoms with Crippen LogP contribution in [0, 0.1) is 6.92 Å². The largest absolute Gasteiger partial charge is 0.310 e. The summed E-state index contributed by atoms with van der Waals surface area (Å²) in [6.45, 7) is 5.40. The lowest BCUT2D eigenvalue weighted by molar-refractivity contribution is 0.545. The molecule has 0 aliphatic carbocycles. The number of hydrogen-bond donors (Lipinski definition) is 1. The Kier molecular flexibility index (Phi) is 4.35. The Morgan fingerprint density at radius 2 is 1.94 bits per heavy atom. The summed E-state index contributed by atoms with van der Waals surface area (Å²) in [5.41, 5.74) is 4.22. The van der Waals surface area contributed by atoms with Crippen LogP contribution in [0.1, 0.15) is 23.6 Å². The second-order valence-corrected chi connectivity index (χ2v) is 5.30. The van der Waals surface area contributed by atoms with Gasteiger partial charge in [-0.25, -0.2) is 0 Å². The molecule has 2 rings (SSSR count). The van der Waals surface area contributed by atoms with E-state index < -0.39 is 0 Å². The van der Waals surface area contributed by atoms with E-state index in [0.717, 1.165) is 13.0 Å². The van der Waals surface area contributed by atoms with Gasteiger partial charge in [0.2, 0.25) is 0 Å². The van der Waals surface area contributed by atoms with E-state index in [1.54, 1.807) is 11.3 Å². The van der Waals surface area contributed by atoms with E-state index in [-0.39, 0.29) is 0 Å². The second-order valence-electron chi connectivity index (χ2n) is 4.55. The van der Waals surface area contributed by atoms with Gasteiger partial charge in [0.1, 0.15) is 0 Å². The first-order valence-electron chi connectivity index (χ1n) is 6.04. The maximum Gasteiger partial charge on any atom is 0.0218 e. The highest BCUT2D eigenvalue weighted by molar-refractivity contribution is 7.08. The van der Waals surface area contributed by atoms with Gasteiger partial charge < -0.3 is 5.32 Å². The standard InChI is InChI=1S/C15H19NS/c1-12-10-17-11-15(12)9-16-13(2)8-14-6-4-3-5-7-14/h3-7,10-11,13,16H,8-9H2,1-2H3. The fourth-order valence-electron chi connectivity index (χ4n) is 1.89. The van der Waals surface area contributed by atoms with Gasteiger partial charge in [-0.3, -0.25) is 0 Å². The number of benzene rings is 1. The van der Waals surface area contributed by atoms with E-state index in [1.807, 2.05) is 0 Å². The average molecular weight is 245 g/mol. The van der Waals surface area contributed by atoms with Crippen LogP contribution in [0.5, 0.6) is 0 Å². The van der Waals surface area contributed by atoms with Crippen molar-refractivity contribution in [3.8, 4) is 0 Å². The second kappa shape index (κ2) is 5.99. The predicted molar refractivity (Wildman–Crippen MR) is 75.5 cm³/mol. The normalized spacial score (nSPS) is 12.6. The van der Waals surface area contributed by atoms with Crippen molar-refractivity contribution in [2.45, 2.75) is 32.9 Å². The predicted octanol–water partition coefficient (Wildman–Crippen LogP) is 3.78. The molecule has 90 valence electrons. The molecule has 1 unspecified atom stereocenters. The molecule has 1 atom stereocenters. The van der Waals surface area contributed by atoms with Crippen LogP contribution in [0.15, 0.2) is 41.1 Å². The molecule has 0 aliphatic heterocycles. The van der Waals surface area contributed by atoms with Gasteiger partial charge in [-0.1, -0.05) is 30.3 Å². The third-order valence-corrected chi connectivity index (χ3v) is 3.90. The molecule has 1 aromatic carbocycles. The van der Waals surface area contributed by atoms with E-state index >= 15 is 0 Å². The molecule has 1 heterocycles. The average Bonchev–Trinajstić information content (AvgIpc) is 2.74. The lowest BCUT2D eigenvalue weighted by Gasteiger charge is -2.13. The Hall–Kier alpha value is -1.12. The van der Waals surface area contributed by atoms with Crippen molar-refractivity contribution in [3.05, 3.63) is 57.8 Å². The molecule has 0 saturated heterocycles. The molecule has 0 spiro atoms. The summed E-state index contributed by atoms with van der Waals surface area (Å²) in [5, 5.41) is 8.02. The molecule has 17 heavy (non-hydrogen) atoms. The number of aryl methyl sites for hydroxylation is 1. The Bertz CT molecular complexity index is 447. The zero-order chi connectivity index (χ0) is 12.1. The van der Waals surface area contributed by atoms with Crippen LogP contribution >= 0.6 is 11.3 Å². The minimum Gasteiger partial charge on any atom is -0.310 e. The number of nitrogens with one attached hydrogen (secondary N) is 1. The lowest BCUT2D eigenvalue weighted by atomic mass is 10.1. The van der Waals surface area contributed by atoms with Crippen molar-refractivity contribution in [3.63, 3.8) is 0 Å². The van der Waals surface area contributed by atoms with Crippen molar-refractivity contribution >= 4 is 11.3 Å². The van der Waals surface area contributed by atoms with Gasteiger partial charge >= 0.3 is 0 Å². The van der Waals surface area contributed by atoms with E-state index in [9.17, 15) is 0 Å². The molecule has 0 saturated carbocycles. The van der Waals surface area contributed by atoms with E-state index in [4.69, 9.17) is 0 Å². The van der Waals surface area contributed by atoms with E-state index in [1.165, 1.54) is 16.7 Å². The summed E-state index contributed by atoms with van der Waals surface area (Å²) in [5.74, 6) is 0. The first-order valence-corrected chi connectivity index (χ1v) is 6.99. The summed E-state index contributed by atoms with van der Waals surface area (Å²) < 4.78 is 0. The zero-order valence-corrected chi connectivity index (χ0v) is 11.3. The number of hydrogen-bond acceptors (Lipinski definition) is 2. The van der Waals surface area contributed by atoms with Crippen molar-refractivity contribution in [2.24, 2.45) is 0 Å². The van der Waals surface area contributed by atoms with Crippen molar-refractivity contribution in [1.82, 2.24) is 5.32 Å². The Labute approximate surface area is 108 Å². The molecule has 0 radical (unpaired) electrons. The molecule has 1 aromatic heterocycles. The topological polar surface area (TPSA) is 12.0 Å². The van der Waals surface area contributed by atoms with Gasteiger partial charge in [-0.2, -0.15) is 11.3 Å². The smallest absolute Gasteiger partial charge is 0.0218 e. The molecule has 1 nitrogen and oxygen atoms in total. The minimum atomic E-state index is 0.511. The van der Waals surface area contributed by atoms with E-state index in [2.05, 4.69) is 60.3 Å². The fourth-order valence-corrected chi connectivity index (χ4v) is 2.75. The number of rotatable bonds is 5. The summed E-state index contributed by atoms with van der Waals surface area (Å²) in [6.07, 6.45) is 1.09. The van der Waals surface area contributed by atoms with Gasteiger partial charge in [0, 0.05) is 12.6 Å². The molecular weight excluding hydrogens is 226 g/mol. The van der Waals surface area contributed by atoms with Crippen LogP contribution in [-0.2, 0) is 13.0 Å². The summed E-state index contributed by atoms with van der Waals surface area (Å²) >= 11 is 1.78. The van der Waals surface area contributed by atoms with Crippen LogP contribution in [-0.4, -0.2) is 6.04 Å². The molecule has 0 amide bonds. The van der Waals surface area contributed by atoms with Gasteiger partial charge in [0.15, 0.2) is 0 Å². The Morgan fingerprint density at radius 3 is 2.59 bits per heavy atom. The SMILES string of the molecule is Cc1cscc1CNC(C)Cc1ccccc1. The first-order chi connectivity index (χ1) is 8.25. The lowest BCUT2D eigenvalue weighted by Crippen LogP contribution is -2.27. The van der Waals surface area contributed by atoms with Crippen LogP contribution in [0.25, 0.3) is 0 Å².